The molecule has 11 heteroatoms. The molecule has 0 spiro atoms. The fourth-order valence-corrected chi connectivity index (χ4v) is 6.36. The second-order valence-electron chi connectivity index (χ2n) is 6.78. The molecule has 1 saturated heterocycles. The van der Waals surface area contributed by atoms with Crippen LogP contribution in [-0.4, -0.2) is 68.9 Å². The lowest BCUT2D eigenvalue weighted by Gasteiger charge is -2.24. The van der Waals surface area contributed by atoms with E-state index in [4.69, 9.17) is 4.74 Å². The lowest BCUT2D eigenvalue weighted by molar-refractivity contribution is -0.124. The van der Waals surface area contributed by atoms with E-state index < -0.39 is 25.9 Å². The van der Waals surface area contributed by atoms with Gasteiger partial charge in [-0.05, 0) is 37.6 Å². The van der Waals surface area contributed by atoms with Gasteiger partial charge >= 0.3 is 0 Å². The summed E-state index contributed by atoms with van der Waals surface area (Å²) in [4.78, 5) is 12.5. The summed E-state index contributed by atoms with van der Waals surface area (Å²) < 4.78 is 55.6. The number of amides is 1. The Hall–Kier alpha value is -1.30. The molecule has 1 aliphatic rings. The van der Waals surface area contributed by atoms with Gasteiger partial charge in [-0.15, -0.1) is 11.8 Å². The van der Waals surface area contributed by atoms with Crippen molar-refractivity contribution in [1.82, 2.24) is 9.62 Å². The number of carbonyl (C=O) groups excluding carboxylic acids is 1. The van der Waals surface area contributed by atoms with Gasteiger partial charge in [0, 0.05) is 17.5 Å². The highest BCUT2D eigenvalue weighted by atomic mass is 32.2. The summed E-state index contributed by atoms with van der Waals surface area (Å²) in [6.07, 6.45) is 0.763. The standard InChI is InChI=1S/C18H28N2O6S3/c1-4-14(3)19-18(21)17-12-27-13-20(17)29(24,25)16-8-6-15(7-9-16)26-10-11-28(22,23)5-2/h6-9,14,17H,4-5,10-13H2,1-3H3,(H,19,21). The van der Waals surface area contributed by atoms with E-state index in [-0.39, 0.29) is 40.8 Å². The summed E-state index contributed by atoms with van der Waals surface area (Å²) in [6.45, 7) is 5.40. The Kier molecular flexibility index (Phi) is 8.38. The average molecular weight is 465 g/mol. The zero-order valence-corrected chi connectivity index (χ0v) is 19.3. The van der Waals surface area contributed by atoms with E-state index in [0.29, 0.717) is 11.5 Å². The van der Waals surface area contributed by atoms with E-state index >= 15 is 0 Å². The van der Waals surface area contributed by atoms with E-state index in [0.717, 1.165) is 6.42 Å². The predicted octanol–water partition coefficient (Wildman–Crippen LogP) is 1.48. The molecule has 1 aliphatic heterocycles. The van der Waals surface area contributed by atoms with Gasteiger partial charge in [0.1, 0.15) is 18.4 Å². The Morgan fingerprint density at radius 1 is 1.24 bits per heavy atom. The smallest absolute Gasteiger partial charge is 0.244 e. The van der Waals surface area contributed by atoms with Gasteiger partial charge in [0.15, 0.2) is 9.84 Å². The second kappa shape index (κ2) is 10.1. The third-order valence-electron chi connectivity index (χ3n) is 4.68. The van der Waals surface area contributed by atoms with Crippen molar-refractivity contribution in [2.45, 2.75) is 44.2 Å². The number of sulfone groups is 1. The van der Waals surface area contributed by atoms with Crippen LogP contribution in [0.25, 0.3) is 0 Å². The van der Waals surface area contributed by atoms with Crippen LogP contribution in [0.4, 0.5) is 0 Å². The Balaban J connectivity index is 2.07. The zero-order valence-electron chi connectivity index (χ0n) is 16.8. The maximum Gasteiger partial charge on any atom is 0.244 e. The molecule has 8 nitrogen and oxygen atoms in total. The fraction of sp³-hybridized carbons (Fsp3) is 0.611. The highest BCUT2D eigenvalue weighted by Crippen LogP contribution is 2.29. The van der Waals surface area contributed by atoms with E-state index in [1.165, 1.54) is 40.3 Å². The number of carbonyl (C=O) groups is 1. The van der Waals surface area contributed by atoms with Gasteiger partial charge in [-0.25, -0.2) is 16.8 Å². The van der Waals surface area contributed by atoms with Crippen molar-refractivity contribution in [2.75, 3.05) is 29.7 Å². The molecule has 1 N–H and O–H groups in total. The molecule has 2 atom stereocenters. The number of benzene rings is 1. The average Bonchev–Trinajstić information content (AvgIpc) is 3.19. The maximum atomic E-state index is 13.0. The molecular weight excluding hydrogens is 436 g/mol. The van der Waals surface area contributed by atoms with Crippen molar-refractivity contribution in [3.63, 3.8) is 0 Å². The molecule has 1 aromatic carbocycles. The Morgan fingerprint density at radius 3 is 2.48 bits per heavy atom. The zero-order chi connectivity index (χ0) is 21.7. The molecule has 29 heavy (non-hydrogen) atoms. The number of hydrogen-bond acceptors (Lipinski definition) is 7. The van der Waals surface area contributed by atoms with Crippen molar-refractivity contribution >= 4 is 37.5 Å². The monoisotopic (exact) mass is 464 g/mol. The minimum Gasteiger partial charge on any atom is -0.493 e. The Bertz CT molecular complexity index is 900. The van der Waals surface area contributed by atoms with Crippen LogP contribution in [0.3, 0.4) is 0 Å². The lowest BCUT2D eigenvalue weighted by atomic mass is 10.2. The summed E-state index contributed by atoms with van der Waals surface area (Å²) in [5.41, 5.74) is 0. The van der Waals surface area contributed by atoms with Crippen LogP contribution in [0, 0.1) is 0 Å². The molecule has 0 radical (unpaired) electrons. The van der Waals surface area contributed by atoms with Gasteiger partial charge < -0.3 is 10.1 Å². The van der Waals surface area contributed by atoms with Crippen LogP contribution in [0.15, 0.2) is 29.2 Å². The van der Waals surface area contributed by atoms with E-state index in [1.807, 2.05) is 13.8 Å². The van der Waals surface area contributed by atoms with Crippen molar-refractivity contribution in [1.29, 1.82) is 0 Å². The quantitative estimate of drug-likeness (QED) is 0.558. The highest BCUT2D eigenvalue weighted by molar-refractivity contribution is 8.00. The first-order chi connectivity index (χ1) is 13.6. The lowest BCUT2D eigenvalue weighted by Crippen LogP contribution is -2.49. The molecule has 164 valence electrons. The molecule has 2 rings (SSSR count). The van der Waals surface area contributed by atoms with Gasteiger partial charge in [0.25, 0.3) is 0 Å². The molecule has 2 unspecified atom stereocenters. The van der Waals surface area contributed by atoms with Crippen molar-refractivity contribution in [2.24, 2.45) is 0 Å². The summed E-state index contributed by atoms with van der Waals surface area (Å²) in [6, 6.07) is 5.03. The van der Waals surface area contributed by atoms with Crippen LogP contribution in [0.1, 0.15) is 27.2 Å². The topological polar surface area (TPSA) is 110 Å². The number of ether oxygens (including phenoxy) is 1. The highest BCUT2D eigenvalue weighted by Gasteiger charge is 2.40. The molecule has 1 aromatic rings. The molecule has 1 heterocycles. The first-order valence-electron chi connectivity index (χ1n) is 9.44. The van der Waals surface area contributed by atoms with Gasteiger partial charge in [-0.3, -0.25) is 4.79 Å². The molecule has 1 amide bonds. The summed E-state index contributed by atoms with van der Waals surface area (Å²) >= 11 is 1.40. The third kappa shape index (κ3) is 6.34. The number of rotatable bonds is 10. The van der Waals surface area contributed by atoms with Gasteiger partial charge in [0.05, 0.1) is 16.5 Å². The molecule has 0 aromatic heterocycles. The number of hydrogen-bond donors (Lipinski definition) is 1. The maximum absolute atomic E-state index is 13.0. The summed E-state index contributed by atoms with van der Waals surface area (Å²) in [5, 5.41) is 2.85. The number of thioether (sulfide) groups is 1. The normalized spacial score (nSPS) is 19.1. The number of nitrogens with zero attached hydrogens (tertiary/aromatic N) is 1. The fourth-order valence-electron chi connectivity index (χ4n) is 2.59. The summed E-state index contributed by atoms with van der Waals surface area (Å²) in [5.74, 6) is 0.680. The Labute approximate surface area is 177 Å². The molecule has 0 bridgehead atoms. The van der Waals surface area contributed by atoms with Crippen LogP contribution in [-0.2, 0) is 24.7 Å². The molecular formula is C18H28N2O6S3. The van der Waals surface area contributed by atoms with Crippen LogP contribution >= 0.6 is 11.8 Å². The van der Waals surface area contributed by atoms with Crippen LogP contribution < -0.4 is 10.1 Å². The largest absolute Gasteiger partial charge is 0.493 e. The predicted molar refractivity (Wildman–Crippen MR) is 114 cm³/mol. The van der Waals surface area contributed by atoms with Gasteiger partial charge in [-0.1, -0.05) is 13.8 Å². The Morgan fingerprint density at radius 2 is 1.90 bits per heavy atom. The van der Waals surface area contributed by atoms with Gasteiger partial charge in [-0.2, -0.15) is 4.31 Å². The molecule has 0 aliphatic carbocycles. The first-order valence-corrected chi connectivity index (χ1v) is 13.9. The van der Waals surface area contributed by atoms with Crippen molar-refractivity contribution < 1.29 is 26.4 Å². The minimum absolute atomic E-state index is 0.00287. The summed E-state index contributed by atoms with van der Waals surface area (Å²) in [7, 11) is -6.96. The van der Waals surface area contributed by atoms with E-state index in [9.17, 15) is 21.6 Å². The van der Waals surface area contributed by atoms with Crippen LogP contribution in [0.2, 0.25) is 0 Å². The van der Waals surface area contributed by atoms with Crippen molar-refractivity contribution in [3.05, 3.63) is 24.3 Å². The van der Waals surface area contributed by atoms with Crippen LogP contribution in [0.5, 0.6) is 5.75 Å². The number of nitrogens with one attached hydrogen (secondary N) is 1. The van der Waals surface area contributed by atoms with E-state index in [2.05, 4.69) is 5.32 Å². The first kappa shape index (κ1) is 24.0. The molecule has 1 fully saturated rings. The van der Waals surface area contributed by atoms with Gasteiger partial charge in [0.2, 0.25) is 15.9 Å². The second-order valence-corrected chi connectivity index (χ2v) is 12.1. The van der Waals surface area contributed by atoms with Crippen molar-refractivity contribution in [3.8, 4) is 5.75 Å². The minimum atomic E-state index is -3.84. The molecule has 0 saturated carbocycles. The number of sulfonamides is 1. The SMILES string of the molecule is CCC(C)NC(=O)C1CSCN1S(=O)(=O)c1ccc(OCCS(=O)(=O)CC)cc1. The third-order valence-corrected chi connectivity index (χ3v) is 9.39. The van der Waals surface area contributed by atoms with E-state index in [1.54, 1.807) is 6.92 Å².